The number of fused-ring (bicyclic) bond motifs is 3. The average Bonchev–Trinajstić information content (AvgIpc) is 3.25. The van der Waals surface area contributed by atoms with E-state index >= 15 is 0 Å². The van der Waals surface area contributed by atoms with E-state index in [9.17, 15) is 18.0 Å². The molecule has 2 aromatic heterocycles. The molecule has 10 heteroatoms. The highest BCUT2D eigenvalue weighted by molar-refractivity contribution is 6.03. The summed E-state index contributed by atoms with van der Waals surface area (Å²) in [5.74, 6) is 1.46. The van der Waals surface area contributed by atoms with Crippen LogP contribution in [0.2, 0.25) is 0 Å². The molecule has 2 saturated heterocycles. The first-order valence-electron chi connectivity index (χ1n) is 10.5. The molecule has 2 fully saturated rings. The maximum Gasteiger partial charge on any atom is 0.417 e. The first-order chi connectivity index (χ1) is 14.9. The minimum Gasteiger partial charge on any atom is -0.354 e. The fourth-order valence-corrected chi connectivity index (χ4v) is 4.55. The molecule has 5 heterocycles. The van der Waals surface area contributed by atoms with Crippen molar-refractivity contribution in [1.82, 2.24) is 14.9 Å². The zero-order chi connectivity index (χ0) is 21.6. The topological polar surface area (TPSA) is 64.6 Å². The third-order valence-corrected chi connectivity index (χ3v) is 6.19. The number of amides is 1. The Bertz CT molecular complexity index is 972. The quantitative estimate of drug-likeness (QED) is 0.805. The lowest BCUT2D eigenvalue weighted by Gasteiger charge is -2.36. The Morgan fingerprint density at radius 2 is 1.87 bits per heavy atom. The molecule has 0 saturated carbocycles. The van der Waals surface area contributed by atoms with Crippen LogP contribution >= 0.6 is 0 Å². The van der Waals surface area contributed by atoms with Crippen molar-refractivity contribution in [1.29, 1.82) is 0 Å². The van der Waals surface area contributed by atoms with Crippen molar-refractivity contribution >= 4 is 23.2 Å². The number of alkyl halides is 3. The van der Waals surface area contributed by atoms with Crippen LogP contribution in [0.3, 0.4) is 0 Å². The fourth-order valence-electron chi connectivity index (χ4n) is 4.55. The summed E-state index contributed by atoms with van der Waals surface area (Å²) in [5.41, 5.74) is 1.06. The Labute approximate surface area is 177 Å². The maximum atomic E-state index is 12.7. The van der Waals surface area contributed by atoms with Crippen molar-refractivity contribution in [3.05, 3.63) is 41.7 Å². The Morgan fingerprint density at radius 3 is 2.58 bits per heavy atom. The summed E-state index contributed by atoms with van der Waals surface area (Å²) < 4.78 is 38.2. The van der Waals surface area contributed by atoms with Crippen molar-refractivity contribution in [2.45, 2.75) is 31.6 Å². The van der Waals surface area contributed by atoms with E-state index in [0.717, 1.165) is 61.8 Å². The van der Waals surface area contributed by atoms with Gasteiger partial charge in [-0.1, -0.05) is 0 Å². The second kappa shape index (κ2) is 7.67. The van der Waals surface area contributed by atoms with E-state index in [1.165, 1.54) is 6.07 Å². The van der Waals surface area contributed by atoms with Crippen molar-refractivity contribution < 1.29 is 18.0 Å². The van der Waals surface area contributed by atoms with E-state index in [4.69, 9.17) is 0 Å². The van der Waals surface area contributed by atoms with Gasteiger partial charge in [0.05, 0.1) is 11.3 Å². The smallest absolute Gasteiger partial charge is 0.354 e. The molecule has 1 unspecified atom stereocenters. The van der Waals surface area contributed by atoms with Crippen LogP contribution < -0.4 is 15.1 Å². The molecule has 5 rings (SSSR count). The molecule has 1 amide bonds. The number of pyridine rings is 2. The summed E-state index contributed by atoms with van der Waals surface area (Å²) in [7, 11) is 0. The molecule has 0 aromatic carbocycles. The lowest BCUT2D eigenvalue weighted by atomic mass is 10.1. The summed E-state index contributed by atoms with van der Waals surface area (Å²) in [6.07, 6.45) is 0.253. The van der Waals surface area contributed by atoms with Crippen LogP contribution in [0.4, 0.5) is 30.5 Å². The molecule has 0 radical (unpaired) electrons. The van der Waals surface area contributed by atoms with Crippen molar-refractivity contribution in [2.75, 3.05) is 47.8 Å². The molecule has 2 aromatic rings. The molecule has 164 valence electrons. The van der Waals surface area contributed by atoms with Gasteiger partial charge in [0.25, 0.3) is 0 Å². The second-order valence-electron chi connectivity index (χ2n) is 8.22. The number of carbonyl (C=O) groups is 1. The van der Waals surface area contributed by atoms with Gasteiger partial charge in [0.1, 0.15) is 11.9 Å². The van der Waals surface area contributed by atoms with Crippen molar-refractivity contribution in [2.24, 2.45) is 0 Å². The Balaban J connectivity index is 1.20. The molecule has 0 bridgehead atoms. The van der Waals surface area contributed by atoms with Crippen LogP contribution in [0.5, 0.6) is 0 Å². The number of halogens is 3. The van der Waals surface area contributed by atoms with Crippen LogP contribution in [0.1, 0.15) is 24.0 Å². The maximum absolute atomic E-state index is 12.7. The third kappa shape index (κ3) is 3.91. The monoisotopic (exact) mass is 432 g/mol. The number of carbonyl (C=O) groups excluding carboxylic acids is 1. The van der Waals surface area contributed by atoms with Crippen molar-refractivity contribution in [3.8, 4) is 0 Å². The van der Waals surface area contributed by atoms with Gasteiger partial charge in [-0.05, 0) is 36.6 Å². The molecular formula is C21H23F3N6O. The molecule has 31 heavy (non-hydrogen) atoms. The van der Waals surface area contributed by atoms with Gasteiger partial charge >= 0.3 is 6.18 Å². The summed E-state index contributed by atoms with van der Waals surface area (Å²) >= 11 is 0. The number of anilines is 3. The van der Waals surface area contributed by atoms with E-state index in [0.29, 0.717) is 25.5 Å². The number of nitrogens with one attached hydrogen (secondary N) is 1. The average molecular weight is 432 g/mol. The molecule has 3 aliphatic heterocycles. The highest BCUT2D eigenvalue weighted by Crippen LogP contribution is 2.35. The Kier molecular flexibility index (Phi) is 4.96. The SMILES string of the molecule is O=C1Nc2cc(CN3CCN(c4ccc(C(F)(F)F)cn4)CC3)cnc2N2CCCC12. The normalized spacial score (nSPS) is 21.6. The number of aromatic nitrogens is 2. The number of hydrogen-bond donors (Lipinski definition) is 1. The van der Waals surface area contributed by atoms with Gasteiger partial charge < -0.3 is 15.1 Å². The lowest BCUT2D eigenvalue weighted by Crippen LogP contribution is -2.46. The summed E-state index contributed by atoms with van der Waals surface area (Å²) in [6.45, 7) is 4.46. The van der Waals surface area contributed by atoms with Crippen LogP contribution in [-0.4, -0.2) is 59.5 Å². The van der Waals surface area contributed by atoms with Crippen molar-refractivity contribution in [3.63, 3.8) is 0 Å². The van der Waals surface area contributed by atoms with Gasteiger partial charge in [-0.2, -0.15) is 13.2 Å². The van der Waals surface area contributed by atoms with Gasteiger partial charge in [-0.3, -0.25) is 9.69 Å². The number of piperazine rings is 1. The first kappa shape index (κ1) is 20.0. The van der Waals surface area contributed by atoms with E-state index in [-0.39, 0.29) is 11.9 Å². The molecule has 1 N–H and O–H groups in total. The molecule has 0 aliphatic carbocycles. The third-order valence-electron chi connectivity index (χ3n) is 6.19. The van der Waals surface area contributed by atoms with Crippen LogP contribution in [0, 0.1) is 0 Å². The Hall–Kier alpha value is -2.88. The fraction of sp³-hybridized carbons (Fsp3) is 0.476. The Morgan fingerprint density at radius 1 is 1.06 bits per heavy atom. The van der Waals surface area contributed by atoms with Gasteiger partial charge in [0, 0.05) is 51.7 Å². The van der Waals surface area contributed by atoms with E-state index in [1.54, 1.807) is 0 Å². The van der Waals surface area contributed by atoms with Gasteiger partial charge in [0.15, 0.2) is 5.82 Å². The van der Waals surface area contributed by atoms with Crippen LogP contribution in [0.25, 0.3) is 0 Å². The number of nitrogens with zero attached hydrogens (tertiary/aromatic N) is 5. The first-order valence-corrected chi connectivity index (χ1v) is 10.5. The van der Waals surface area contributed by atoms with E-state index < -0.39 is 11.7 Å². The second-order valence-corrected chi connectivity index (χ2v) is 8.22. The summed E-state index contributed by atoms with van der Waals surface area (Å²) in [6, 6.07) is 4.41. The number of rotatable bonds is 3. The van der Waals surface area contributed by atoms with Crippen LogP contribution in [0.15, 0.2) is 30.6 Å². The number of hydrogen-bond acceptors (Lipinski definition) is 6. The van der Waals surface area contributed by atoms with Crippen LogP contribution in [-0.2, 0) is 17.5 Å². The minimum absolute atomic E-state index is 0.0432. The molecule has 3 aliphatic rings. The lowest BCUT2D eigenvalue weighted by molar-refractivity contribution is -0.137. The highest BCUT2D eigenvalue weighted by Gasteiger charge is 2.37. The summed E-state index contributed by atoms with van der Waals surface area (Å²) in [5, 5.41) is 2.99. The predicted octanol–water partition coefficient (Wildman–Crippen LogP) is 2.74. The zero-order valence-corrected chi connectivity index (χ0v) is 16.9. The molecular weight excluding hydrogens is 409 g/mol. The van der Waals surface area contributed by atoms with E-state index in [1.807, 2.05) is 17.2 Å². The largest absolute Gasteiger partial charge is 0.417 e. The minimum atomic E-state index is -4.37. The van der Waals surface area contributed by atoms with Gasteiger partial charge in [-0.25, -0.2) is 9.97 Å². The van der Waals surface area contributed by atoms with Gasteiger partial charge in [0.2, 0.25) is 5.91 Å². The highest BCUT2D eigenvalue weighted by atomic mass is 19.4. The van der Waals surface area contributed by atoms with E-state index in [2.05, 4.69) is 25.1 Å². The molecule has 1 atom stereocenters. The van der Waals surface area contributed by atoms with Gasteiger partial charge in [-0.15, -0.1) is 0 Å². The zero-order valence-electron chi connectivity index (χ0n) is 16.9. The summed E-state index contributed by atoms with van der Waals surface area (Å²) in [4.78, 5) is 27.3. The molecule has 7 nitrogen and oxygen atoms in total. The predicted molar refractivity (Wildman–Crippen MR) is 110 cm³/mol. The molecule has 0 spiro atoms. The standard InChI is InChI=1S/C21H23F3N6O/c22-21(23,24)15-3-4-18(25-12-15)29-8-6-28(7-9-29)13-14-10-16-19(26-11-14)30-5-1-2-17(30)20(31)27-16/h3-4,10-12,17H,1-2,5-9,13H2,(H,27,31).